The zero-order valence-electron chi connectivity index (χ0n) is 13.5. The second-order valence-electron chi connectivity index (χ2n) is 7.39. The molecule has 21 heavy (non-hydrogen) atoms. The molecule has 0 N–H and O–H groups in total. The smallest absolute Gasteiger partial charge is 0.173 e. The Labute approximate surface area is 126 Å². The van der Waals surface area contributed by atoms with Gasteiger partial charge >= 0.3 is 0 Å². The fraction of sp³-hybridized carbons (Fsp3) is 0.824. The van der Waals surface area contributed by atoms with Crippen LogP contribution in [0.15, 0.2) is 11.8 Å². The molecule has 4 heteroatoms. The molecule has 2 aliphatic carbocycles. The van der Waals surface area contributed by atoms with Crippen molar-refractivity contribution >= 4 is 5.78 Å². The molecule has 3 aliphatic rings. The summed E-state index contributed by atoms with van der Waals surface area (Å²) in [6.07, 6.45) is 5.01. The number of carbonyl (C=O) groups excluding carboxylic acids is 1. The summed E-state index contributed by atoms with van der Waals surface area (Å²) in [5.74, 6) is 0.0276. The average Bonchev–Trinajstić information content (AvgIpc) is 2.91. The number of Topliss-reactive ketones (excluding diaryl/α,β-unsaturated/α-hetero) is 1. The molecule has 0 aromatic heterocycles. The lowest BCUT2D eigenvalue weighted by molar-refractivity contribution is -0.281. The number of allylic oxidation sites excluding steroid dienone is 1. The first-order valence-corrected chi connectivity index (χ1v) is 7.92. The summed E-state index contributed by atoms with van der Waals surface area (Å²) >= 11 is 0. The number of ether oxygens (including phenoxy) is 3. The maximum Gasteiger partial charge on any atom is 0.173 e. The highest BCUT2D eigenvalue weighted by atomic mass is 16.7. The van der Waals surface area contributed by atoms with Gasteiger partial charge in [0.1, 0.15) is 0 Å². The van der Waals surface area contributed by atoms with Crippen molar-refractivity contribution in [1.29, 1.82) is 0 Å². The molecule has 2 saturated carbocycles. The standard InChI is InChI=1S/C17H26O4/c1-15(2)13-6-5-12(11-19-4)14(18)16(13,3)7-8-17(15)20-9-10-21-17/h11,13H,5-10H2,1-4H3/b12-11+/t13-,16-/m0/s1. The van der Waals surface area contributed by atoms with Crippen molar-refractivity contribution in [3.8, 4) is 0 Å². The quantitative estimate of drug-likeness (QED) is 0.551. The van der Waals surface area contributed by atoms with E-state index in [1.165, 1.54) is 0 Å². The molecule has 1 spiro atoms. The van der Waals surface area contributed by atoms with E-state index in [0.717, 1.165) is 31.3 Å². The van der Waals surface area contributed by atoms with E-state index in [1.807, 2.05) is 0 Å². The topological polar surface area (TPSA) is 44.8 Å². The van der Waals surface area contributed by atoms with E-state index in [-0.39, 0.29) is 22.5 Å². The third-order valence-electron chi connectivity index (χ3n) is 6.12. The van der Waals surface area contributed by atoms with Gasteiger partial charge in [0, 0.05) is 22.8 Å². The first-order chi connectivity index (χ1) is 9.87. The molecule has 0 aromatic rings. The van der Waals surface area contributed by atoms with Gasteiger partial charge in [-0.15, -0.1) is 0 Å². The van der Waals surface area contributed by atoms with Crippen LogP contribution in [0.4, 0.5) is 0 Å². The maximum absolute atomic E-state index is 12.9. The molecule has 3 fully saturated rings. The van der Waals surface area contributed by atoms with Crippen LogP contribution in [0.5, 0.6) is 0 Å². The lowest BCUT2D eigenvalue weighted by Gasteiger charge is -2.59. The predicted molar refractivity (Wildman–Crippen MR) is 78.6 cm³/mol. The number of hydrogen-bond donors (Lipinski definition) is 0. The molecule has 0 unspecified atom stereocenters. The molecule has 0 aromatic carbocycles. The van der Waals surface area contributed by atoms with Crippen LogP contribution in [0.25, 0.3) is 0 Å². The Balaban J connectivity index is 1.97. The van der Waals surface area contributed by atoms with Gasteiger partial charge in [-0.25, -0.2) is 0 Å². The molecule has 2 atom stereocenters. The first-order valence-electron chi connectivity index (χ1n) is 7.92. The van der Waals surface area contributed by atoms with Crippen molar-refractivity contribution in [3.63, 3.8) is 0 Å². The Morgan fingerprint density at radius 2 is 1.86 bits per heavy atom. The van der Waals surface area contributed by atoms with Gasteiger partial charge < -0.3 is 14.2 Å². The summed E-state index contributed by atoms with van der Waals surface area (Å²) in [5, 5.41) is 0. The minimum Gasteiger partial charge on any atom is -0.504 e. The Morgan fingerprint density at radius 3 is 2.48 bits per heavy atom. The van der Waals surface area contributed by atoms with Crippen LogP contribution in [0, 0.1) is 16.7 Å². The molecular formula is C17H26O4. The average molecular weight is 294 g/mol. The van der Waals surface area contributed by atoms with E-state index in [4.69, 9.17) is 14.2 Å². The van der Waals surface area contributed by atoms with Crippen LogP contribution < -0.4 is 0 Å². The van der Waals surface area contributed by atoms with Crippen LogP contribution in [-0.4, -0.2) is 31.9 Å². The monoisotopic (exact) mass is 294 g/mol. The normalized spacial score (nSPS) is 39.5. The number of hydrogen-bond acceptors (Lipinski definition) is 4. The van der Waals surface area contributed by atoms with Gasteiger partial charge in [0.25, 0.3) is 0 Å². The molecule has 0 bridgehead atoms. The second-order valence-corrected chi connectivity index (χ2v) is 7.39. The van der Waals surface area contributed by atoms with Crippen molar-refractivity contribution < 1.29 is 19.0 Å². The van der Waals surface area contributed by atoms with E-state index >= 15 is 0 Å². The molecule has 4 nitrogen and oxygen atoms in total. The molecule has 1 saturated heterocycles. The SMILES string of the molecule is CO/C=C1\CC[C@H]2C(C)(C)C3(CC[C@]2(C)C1=O)OCCO3. The molecule has 118 valence electrons. The van der Waals surface area contributed by atoms with Crippen LogP contribution in [0.1, 0.15) is 46.5 Å². The lowest BCUT2D eigenvalue weighted by atomic mass is 9.48. The number of ketones is 1. The Hall–Kier alpha value is -0.870. The summed E-state index contributed by atoms with van der Waals surface area (Å²) in [5.41, 5.74) is 0.341. The van der Waals surface area contributed by atoms with Crippen molar-refractivity contribution in [2.24, 2.45) is 16.7 Å². The maximum atomic E-state index is 12.9. The fourth-order valence-corrected chi connectivity index (χ4v) is 4.94. The van der Waals surface area contributed by atoms with Crippen molar-refractivity contribution in [2.75, 3.05) is 20.3 Å². The minimum atomic E-state index is -0.500. The molecule has 0 amide bonds. The highest BCUT2D eigenvalue weighted by Crippen LogP contribution is 2.62. The first kappa shape index (κ1) is 15.0. The van der Waals surface area contributed by atoms with Gasteiger partial charge in [0.2, 0.25) is 0 Å². The van der Waals surface area contributed by atoms with E-state index in [0.29, 0.717) is 13.2 Å². The van der Waals surface area contributed by atoms with Crippen molar-refractivity contribution in [1.82, 2.24) is 0 Å². The summed E-state index contributed by atoms with van der Waals surface area (Å²) in [6.45, 7) is 7.86. The zero-order chi connectivity index (χ0) is 15.3. The summed E-state index contributed by atoms with van der Waals surface area (Å²) in [4.78, 5) is 12.9. The molecule has 3 rings (SSSR count). The van der Waals surface area contributed by atoms with E-state index < -0.39 is 5.79 Å². The van der Waals surface area contributed by atoms with Crippen LogP contribution in [-0.2, 0) is 19.0 Å². The second kappa shape index (κ2) is 4.82. The lowest BCUT2D eigenvalue weighted by Crippen LogP contribution is -2.61. The Kier molecular flexibility index (Phi) is 3.45. The Morgan fingerprint density at radius 1 is 1.19 bits per heavy atom. The van der Waals surface area contributed by atoms with Crippen molar-refractivity contribution in [3.05, 3.63) is 11.8 Å². The van der Waals surface area contributed by atoms with Gasteiger partial charge in [-0.05, 0) is 25.2 Å². The number of rotatable bonds is 1. The van der Waals surface area contributed by atoms with Crippen molar-refractivity contribution in [2.45, 2.75) is 52.2 Å². The molecule has 1 aliphatic heterocycles. The third kappa shape index (κ3) is 1.92. The van der Waals surface area contributed by atoms with Crippen LogP contribution in [0.2, 0.25) is 0 Å². The summed E-state index contributed by atoms with van der Waals surface area (Å²) < 4.78 is 17.1. The van der Waals surface area contributed by atoms with Gasteiger partial charge in [-0.3, -0.25) is 4.79 Å². The minimum absolute atomic E-state index is 0.162. The molecular weight excluding hydrogens is 268 g/mol. The summed E-state index contributed by atoms with van der Waals surface area (Å²) in [7, 11) is 1.61. The van der Waals surface area contributed by atoms with E-state index in [9.17, 15) is 4.79 Å². The predicted octanol–water partition coefficient (Wildman–Crippen LogP) is 3.07. The fourth-order valence-electron chi connectivity index (χ4n) is 4.94. The number of carbonyl (C=O) groups is 1. The van der Waals surface area contributed by atoms with Crippen LogP contribution in [0.3, 0.4) is 0 Å². The van der Waals surface area contributed by atoms with E-state index in [1.54, 1.807) is 13.4 Å². The highest BCUT2D eigenvalue weighted by Gasteiger charge is 2.64. The van der Waals surface area contributed by atoms with Gasteiger partial charge in [0.15, 0.2) is 11.6 Å². The number of methoxy groups -OCH3 is 1. The van der Waals surface area contributed by atoms with Gasteiger partial charge in [-0.2, -0.15) is 0 Å². The largest absolute Gasteiger partial charge is 0.504 e. The zero-order valence-corrected chi connectivity index (χ0v) is 13.5. The highest BCUT2D eigenvalue weighted by molar-refractivity contribution is 6.00. The van der Waals surface area contributed by atoms with E-state index in [2.05, 4.69) is 20.8 Å². The Bertz CT molecular complexity index is 473. The van der Waals surface area contributed by atoms with Gasteiger partial charge in [0.05, 0.1) is 26.6 Å². The van der Waals surface area contributed by atoms with Crippen LogP contribution >= 0.6 is 0 Å². The molecule has 0 radical (unpaired) electrons. The molecule has 1 heterocycles. The third-order valence-corrected chi connectivity index (χ3v) is 6.12. The summed E-state index contributed by atoms with van der Waals surface area (Å²) in [6, 6.07) is 0. The number of fused-ring (bicyclic) bond motifs is 1. The van der Waals surface area contributed by atoms with Gasteiger partial charge in [-0.1, -0.05) is 20.8 Å².